The highest BCUT2D eigenvalue weighted by atomic mass is 35.5. The molecule has 0 spiro atoms. The number of aromatic amines is 1. The highest BCUT2D eigenvalue weighted by molar-refractivity contribution is 7.71. The van der Waals surface area contributed by atoms with E-state index in [1.165, 1.54) is 6.21 Å². The highest BCUT2D eigenvalue weighted by Crippen LogP contribution is 2.07. The molecule has 17 heavy (non-hydrogen) atoms. The van der Waals surface area contributed by atoms with Crippen molar-refractivity contribution in [2.45, 2.75) is 0 Å². The lowest BCUT2D eigenvalue weighted by Gasteiger charge is -1.96. The quantitative estimate of drug-likeness (QED) is 0.666. The first-order valence-electron chi connectivity index (χ1n) is 4.63. The second-order valence-corrected chi connectivity index (χ2v) is 3.94. The second kappa shape index (κ2) is 5.03. The number of aromatic nitrogens is 3. The third kappa shape index (κ3) is 2.86. The van der Waals surface area contributed by atoms with Crippen LogP contribution in [0.25, 0.3) is 0 Å². The largest absolute Gasteiger partial charge is 0.293 e. The number of nitrogens with one attached hydrogen (secondary N) is 1. The number of hydrogen-bond acceptors (Lipinski definition) is 4. The van der Waals surface area contributed by atoms with Gasteiger partial charge in [0.05, 0.1) is 6.21 Å². The van der Waals surface area contributed by atoms with Crippen LogP contribution < -0.4 is 5.56 Å². The topological polar surface area (TPSA) is 63.0 Å². The summed E-state index contributed by atoms with van der Waals surface area (Å²) in [6.45, 7) is 0. The van der Waals surface area contributed by atoms with E-state index in [1.807, 2.05) is 0 Å². The summed E-state index contributed by atoms with van der Waals surface area (Å²) in [6, 6.07) is 7.04. The molecule has 0 bridgehead atoms. The number of benzene rings is 1. The maximum atomic E-state index is 11.4. The van der Waals surface area contributed by atoms with Gasteiger partial charge in [-0.15, -0.1) is 0 Å². The van der Waals surface area contributed by atoms with Crippen molar-refractivity contribution in [3.63, 3.8) is 0 Å². The maximum absolute atomic E-state index is 11.4. The van der Waals surface area contributed by atoms with Gasteiger partial charge in [-0.3, -0.25) is 9.89 Å². The molecule has 0 amide bonds. The van der Waals surface area contributed by atoms with E-state index in [4.69, 9.17) is 23.8 Å². The predicted molar refractivity (Wildman–Crippen MR) is 68.1 cm³/mol. The fourth-order valence-electron chi connectivity index (χ4n) is 1.13. The molecule has 0 saturated carbocycles. The molecule has 2 aromatic rings. The molecular formula is C10H7ClN4OS. The molecule has 2 rings (SSSR count). The van der Waals surface area contributed by atoms with Gasteiger partial charge in [-0.1, -0.05) is 23.7 Å². The normalized spacial score (nSPS) is 10.9. The third-order valence-corrected chi connectivity index (χ3v) is 2.44. The molecule has 1 aromatic carbocycles. The van der Waals surface area contributed by atoms with Crippen LogP contribution >= 0.6 is 23.8 Å². The Bertz CT molecular complexity index is 631. The number of nitrogens with zero attached hydrogens (tertiary/aromatic N) is 3. The van der Waals surface area contributed by atoms with Crippen LogP contribution in [0.3, 0.4) is 0 Å². The molecule has 1 aromatic heterocycles. The maximum Gasteiger partial charge on any atom is 0.293 e. The molecule has 0 aliphatic heterocycles. The van der Waals surface area contributed by atoms with E-state index in [0.29, 0.717) is 5.02 Å². The Kier molecular flexibility index (Phi) is 3.46. The van der Waals surface area contributed by atoms with Crippen LogP contribution in [0.5, 0.6) is 0 Å². The first-order valence-corrected chi connectivity index (χ1v) is 5.42. The van der Waals surface area contributed by atoms with Gasteiger partial charge < -0.3 is 0 Å². The lowest BCUT2D eigenvalue weighted by Crippen LogP contribution is -2.18. The zero-order valence-corrected chi connectivity index (χ0v) is 10.1. The monoisotopic (exact) mass is 266 g/mol. The minimum Gasteiger partial charge on any atom is -0.265 e. The Morgan fingerprint density at radius 1 is 1.41 bits per heavy atom. The Labute approximate surface area is 106 Å². The van der Waals surface area contributed by atoms with Crippen LogP contribution in [0.1, 0.15) is 5.56 Å². The highest BCUT2D eigenvalue weighted by Gasteiger charge is 1.94. The zero-order valence-electron chi connectivity index (χ0n) is 8.50. The first-order chi connectivity index (χ1) is 8.16. The van der Waals surface area contributed by atoms with Crippen molar-refractivity contribution in [3.05, 3.63) is 56.2 Å². The fourth-order valence-corrected chi connectivity index (χ4v) is 1.44. The van der Waals surface area contributed by atoms with Crippen molar-refractivity contribution in [2.24, 2.45) is 5.10 Å². The van der Waals surface area contributed by atoms with Gasteiger partial charge >= 0.3 is 0 Å². The lowest BCUT2D eigenvalue weighted by atomic mass is 10.2. The Morgan fingerprint density at radius 3 is 2.76 bits per heavy atom. The molecule has 0 saturated heterocycles. The molecule has 5 nitrogen and oxygen atoms in total. The molecule has 0 unspecified atom stereocenters. The first kappa shape index (κ1) is 11.7. The van der Waals surface area contributed by atoms with E-state index >= 15 is 0 Å². The standard InChI is InChI=1S/C10H7ClN4OS/c11-8-3-1-7(2-4-8)5-13-15-9(16)6-12-14-10(15)17/h1-6H,(H,14,17)/b13-5-. The lowest BCUT2D eigenvalue weighted by molar-refractivity contribution is 0.738. The number of hydrogen-bond donors (Lipinski definition) is 1. The van der Waals surface area contributed by atoms with Crippen LogP contribution in [-0.2, 0) is 0 Å². The van der Waals surface area contributed by atoms with Crippen LogP contribution in [0, 0.1) is 4.77 Å². The van der Waals surface area contributed by atoms with E-state index in [2.05, 4.69) is 15.3 Å². The van der Waals surface area contributed by atoms with Gasteiger partial charge in [0.25, 0.3) is 5.56 Å². The molecule has 86 valence electrons. The number of rotatable bonds is 2. The van der Waals surface area contributed by atoms with Crippen molar-refractivity contribution >= 4 is 30.0 Å². The number of halogens is 1. The summed E-state index contributed by atoms with van der Waals surface area (Å²) in [4.78, 5) is 11.4. The van der Waals surface area contributed by atoms with Gasteiger partial charge in [0.2, 0.25) is 4.77 Å². The van der Waals surface area contributed by atoms with Crippen molar-refractivity contribution < 1.29 is 0 Å². The molecule has 0 fully saturated rings. The fraction of sp³-hybridized carbons (Fsp3) is 0. The molecule has 7 heteroatoms. The van der Waals surface area contributed by atoms with Crippen molar-refractivity contribution in [2.75, 3.05) is 0 Å². The van der Waals surface area contributed by atoms with E-state index in [0.717, 1.165) is 16.4 Å². The molecular weight excluding hydrogens is 260 g/mol. The summed E-state index contributed by atoms with van der Waals surface area (Å²) in [5.74, 6) is 0. The van der Waals surface area contributed by atoms with Gasteiger partial charge in [-0.2, -0.15) is 14.9 Å². The van der Waals surface area contributed by atoms with Crippen molar-refractivity contribution in [1.82, 2.24) is 14.9 Å². The van der Waals surface area contributed by atoms with E-state index in [9.17, 15) is 4.79 Å². The average molecular weight is 267 g/mol. The minimum absolute atomic E-state index is 0.141. The summed E-state index contributed by atoms with van der Waals surface area (Å²) in [5, 5.41) is 10.6. The van der Waals surface area contributed by atoms with Crippen LogP contribution in [0.2, 0.25) is 5.02 Å². The van der Waals surface area contributed by atoms with Gasteiger partial charge in [-0.05, 0) is 29.9 Å². The van der Waals surface area contributed by atoms with Gasteiger partial charge in [0.1, 0.15) is 6.20 Å². The summed E-state index contributed by atoms with van der Waals surface area (Å²) < 4.78 is 1.19. The number of H-pyrrole nitrogens is 1. The molecule has 1 heterocycles. The molecule has 0 aliphatic carbocycles. The predicted octanol–water partition coefficient (Wildman–Crippen LogP) is 1.84. The molecule has 1 N–H and O–H groups in total. The minimum atomic E-state index is -0.390. The summed E-state index contributed by atoms with van der Waals surface area (Å²) in [6.07, 6.45) is 2.62. The van der Waals surface area contributed by atoms with Crippen LogP contribution in [-0.4, -0.2) is 21.1 Å². The Balaban J connectivity index is 2.36. The second-order valence-electron chi connectivity index (χ2n) is 3.12. The summed E-state index contributed by atoms with van der Waals surface area (Å²) in [7, 11) is 0. The van der Waals surface area contributed by atoms with Crippen molar-refractivity contribution in [3.8, 4) is 0 Å². The molecule has 0 atom stereocenters. The Morgan fingerprint density at radius 2 is 2.12 bits per heavy atom. The van der Waals surface area contributed by atoms with E-state index in [-0.39, 0.29) is 10.3 Å². The molecule has 0 radical (unpaired) electrons. The SMILES string of the molecule is O=c1cn[nH]c(=S)n1/N=C\c1ccc(Cl)cc1. The van der Waals surface area contributed by atoms with Crippen LogP contribution in [0.4, 0.5) is 0 Å². The zero-order chi connectivity index (χ0) is 12.3. The van der Waals surface area contributed by atoms with Crippen LogP contribution in [0.15, 0.2) is 40.4 Å². The van der Waals surface area contributed by atoms with E-state index in [1.54, 1.807) is 24.3 Å². The summed E-state index contributed by atoms with van der Waals surface area (Å²) in [5.41, 5.74) is 0.423. The Hall–Kier alpha value is -1.79. The molecule has 0 aliphatic rings. The van der Waals surface area contributed by atoms with Gasteiger partial charge in [0.15, 0.2) is 0 Å². The van der Waals surface area contributed by atoms with Gasteiger partial charge in [0, 0.05) is 5.02 Å². The summed E-state index contributed by atoms with van der Waals surface area (Å²) >= 11 is 10.6. The van der Waals surface area contributed by atoms with Gasteiger partial charge in [-0.25, -0.2) is 0 Å². The smallest absolute Gasteiger partial charge is 0.265 e. The third-order valence-electron chi connectivity index (χ3n) is 1.93. The average Bonchev–Trinajstić information content (AvgIpc) is 2.31. The van der Waals surface area contributed by atoms with E-state index < -0.39 is 0 Å². The van der Waals surface area contributed by atoms with Crippen molar-refractivity contribution in [1.29, 1.82) is 0 Å².